The molecule has 4 rings (SSSR count). The first-order valence-electron chi connectivity index (χ1n) is 10.6. The molecule has 8 nitrogen and oxygen atoms in total. The maximum absolute atomic E-state index is 12.0. The number of aromatic nitrogens is 2. The van der Waals surface area contributed by atoms with Crippen molar-refractivity contribution < 1.29 is 9.53 Å². The highest BCUT2D eigenvalue weighted by Crippen LogP contribution is 2.24. The molecule has 2 aromatic heterocycles. The van der Waals surface area contributed by atoms with Crippen LogP contribution in [-0.4, -0.2) is 71.7 Å². The van der Waals surface area contributed by atoms with Crippen LogP contribution in [0.25, 0.3) is 11.0 Å². The van der Waals surface area contributed by atoms with E-state index in [4.69, 9.17) is 9.72 Å². The lowest BCUT2D eigenvalue weighted by atomic mass is 10.1. The number of carbonyl (C=O) groups excluding carboxylic acids is 1. The van der Waals surface area contributed by atoms with E-state index in [1.54, 1.807) is 11.0 Å². The van der Waals surface area contributed by atoms with E-state index in [2.05, 4.69) is 20.9 Å². The normalized spacial score (nSPS) is 18.2. The quantitative estimate of drug-likeness (QED) is 0.849. The van der Waals surface area contributed by atoms with Crippen molar-refractivity contribution in [2.24, 2.45) is 0 Å². The molecule has 0 radical (unpaired) electrons. The summed E-state index contributed by atoms with van der Waals surface area (Å²) in [4.78, 5) is 37.9. The Morgan fingerprint density at radius 2 is 1.86 bits per heavy atom. The van der Waals surface area contributed by atoms with E-state index in [1.807, 2.05) is 13.0 Å². The molecule has 2 aliphatic rings. The van der Waals surface area contributed by atoms with E-state index < -0.39 is 0 Å². The summed E-state index contributed by atoms with van der Waals surface area (Å²) in [5.41, 5.74) is 1.68. The molecule has 29 heavy (non-hydrogen) atoms. The SMILES string of the molecule is CCOC(=O)N1CCN(c2cc(CN3CCCCC3)c3ccc(=O)[nH]c3n2)CC1. The lowest BCUT2D eigenvalue weighted by Crippen LogP contribution is -2.49. The number of nitrogens with one attached hydrogen (secondary N) is 1. The number of carbonyl (C=O) groups is 1. The number of piperidine rings is 1. The Labute approximate surface area is 170 Å². The largest absolute Gasteiger partial charge is 0.450 e. The topological polar surface area (TPSA) is 81.8 Å². The predicted octanol–water partition coefficient (Wildman–Crippen LogP) is 2.19. The maximum atomic E-state index is 12.0. The van der Waals surface area contributed by atoms with Crippen molar-refractivity contribution in [1.29, 1.82) is 0 Å². The number of H-pyrrole nitrogens is 1. The Bertz CT molecular complexity index is 914. The molecule has 0 atom stereocenters. The molecule has 0 bridgehead atoms. The lowest BCUT2D eigenvalue weighted by Gasteiger charge is -2.35. The van der Waals surface area contributed by atoms with Gasteiger partial charge in [0.05, 0.1) is 6.61 Å². The van der Waals surface area contributed by atoms with Crippen molar-refractivity contribution in [3.63, 3.8) is 0 Å². The standard InChI is InChI=1S/C21H29N5O3/c1-2-29-21(28)26-12-10-25(11-13-26)18-14-16(15-24-8-4-3-5-9-24)17-6-7-19(27)23-20(17)22-18/h6-7,14H,2-5,8-13,15H2,1H3,(H,22,23,27). The molecule has 4 heterocycles. The Morgan fingerprint density at radius 1 is 1.10 bits per heavy atom. The maximum Gasteiger partial charge on any atom is 0.409 e. The second kappa shape index (κ2) is 8.82. The second-order valence-corrected chi connectivity index (χ2v) is 7.73. The van der Waals surface area contributed by atoms with Crippen LogP contribution in [0.2, 0.25) is 0 Å². The molecule has 2 aromatic rings. The van der Waals surface area contributed by atoms with Gasteiger partial charge in [-0.1, -0.05) is 6.42 Å². The molecule has 1 N–H and O–H groups in total. The number of nitrogens with zero attached hydrogens (tertiary/aromatic N) is 4. The van der Waals surface area contributed by atoms with Crippen molar-refractivity contribution >= 4 is 22.9 Å². The molecular formula is C21H29N5O3. The monoisotopic (exact) mass is 399 g/mol. The van der Waals surface area contributed by atoms with Gasteiger partial charge < -0.3 is 19.5 Å². The van der Waals surface area contributed by atoms with Gasteiger partial charge in [0, 0.05) is 44.2 Å². The summed E-state index contributed by atoms with van der Waals surface area (Å²) in [7, 11) is 0. The van der Waals surface area contributed by atoms with Crippen LogP contribution in [0.1, 0.15) is 31.7 Å². The van der Waals surface area contributed by atoms with E-state index in [-0.39, 0.29) is 11.7 Å². The fraction of sp³-hybridized carbons (Fsp3) is 0.571. The summed E-state index contributed by atoms with van der Waals surface area (Å²) >= 11 is 0. The highest BCUT2D eigenvalue weighted by Gasteiger charge is 2.24. The number of amides is 1. The fourth-order valence-corrected chi connectivity index (χ4v) is 4.18. The van der Waals surface area contributed by atoms with Crippen molar-refractivity contribution in [3.05, 3.63) is 34.1 Å². The van der Waals surface area contributed by atoms with Crippen LogP contribution in [0.15, 0.2) is 23.0 Å². The van der Waals surface area contributed by atoms with Gasteiger partial charge in [-0.3, -0.25) is 9.69 Å². The van der Waals surface area contributed by atoms with Gasteiger partial charge in [-0.25, -0.2) is 9.78 Å². The van der Waals surface area contributed by atoms with Gasteiger partial charge in [-0.05, 0) is 50.6 Å². The minimum absolute atomic E-state index is 0.141. The van der Waals surface area contributed by atoms with E-state index >= 15 is 0 Å². The second-order valence-electron chi connectivity index (χ2n) is 7.73. The average Bonchev–Trinajstić information content (AvgIpc) is 2.74. The third kappa shape index (κ3) is 4.53. The number of anilines is 1. The zero-order valence-electron chi connectivity index (χ0n) is 17.0. The third-order valence-electron chi connectivity index (χ3n) is 5.75. The summed E-state index contributed by atoms with van der Waals surface area (Å²) in [5.74, 6) is 0.856. The number of hydrogen-bond acceptors (Lipinski definition) is 6. The molecular weight excluding hydrogens is 370 g/mol. The van der Waals surface area contributed by atoms with Crippen LogP contribution in [0.5, 0.6) is 0 Å². The number of hydrogen-bond donors (Lipinski definition) is 1. The number of likely N-dealkylation sites (tertiary alicyclic amines) is 1. The van der Waals surface area contributed by atoms with Gasteiger partial charge in [-0.15, -0.1) is 0 Å². The van der Waals surface area contributed by atoms with E-state index in [0.717, 1.165) is 30.8 Å². The molecule has 0 spiro atoms. The molecule has 8 heteroatoms. The molecule has 0 unspecified atom stereocenters. The van der Waals surface area contributed by atoms with Crippen LogP contribution in [0, 0.1) is 0 Å². The molecule has 156 valence electrons. The zero-order chi connectivity index (χ0) is 20.2. The summed E-state index contributed by atoms with van der Waals surface area (Å²) in [6, 6.07) is 5.60. The molecule has 2 saturated heterocycles. The number of ether oxygens (including phenoxy) is 1. The van der Waals surface area contributed by atoms with Crippen LogP contribution < -0.4 is 10.5 Å². The van der Waals surface area contributed by atoms with Crippen molar-refractivity contribution in [2.75, 3.05) is 50.8 Å². The fourth-order valence-electron chi connectivity index (χ4n) is 4.18. The van der Waals surface area contributed by atoms with Gasteiger partial charge in [0.1, 0.15) is 11.5 Å². The molecule has 2 fully saturated rings. The summed E-state index contributed by atoms with van der Waals surface area (Å²) in [6.07, 6.45) is 3.52. The molecule has 0 saturated carbocycles. The first-order chi connectivity index (χ1) is 14.1. The van der Waals surface area contributed by atoms with Crippen molar-refractivity contribution in [1.82, 2.24) is 19.8 Å². The molecule has 2 aliphatic heterocycles. The molecule has 1 amide bonds. The number of fused-ring (bicyclic) bond motifs is 1. The summed E-state index contributed by atoms with van der Waals surface area (Å²) in [5, 5.41) is 1.00. The van der Waals surface area contributed by atoms with Crippen LogP contribution in [0.4, 0.5) is 10.6 Å². The number of rotatable bonds is 4. The smallest absolute Gasteiger partial charge is 0.409 e. The average molecular weight is 399 g/mol. The number of pyridine rings is 2. The molecule has 0 aliphatic carbocycles. The minimum atomic E-state index is -0.256. The zero-order valence-corrected chi connectivity index (χ0v) is 17.0. The lowest BCUT2D eigenvalue weighted by molar-refractivity contribution is 0.105. The Balaban J connectivity index is 1.57. The van der Waals surface area contributed by atoms with Gasteiger partial charge >= 0.3 is 6.09 Å². The summed E-state index contributed by atoms with van der Waals surface area (Å²) in [6.45, 7) is 7.88. The van der Waals surface area contributed by atoms with Crippen LogP contribution >= 0.6 is 0 Å². The minimum Gasteiger partial charge on any atom is -0.450 e. The highest BCUT2D eigenvalue weighted by atomic mass is 16.6. The first kappa shape index (κ1) is 19.7. The van der Waals surface area contributed by atoms with E-state index in [0.29, 0.717) is 38.4 Å². The van der Waals surface area contributed by atoms with Crippen molar-refractivity contribution in [2.45, 2.75) is 32.7 Å². The van der Waals surface area contributed by atoms with Gasteiger partial charge in [0.25, 0.3) is 0 Å². The molecule has 0 aromatic carbocycles. The number of piperazine rings is 1. The first-order valence-corrected chi connectivity index (χ1v) is 10.6. The van der Waals surface area contributed by atoms with Crippen LogP contribution in [-0.2, 0) is 11.3 Å². The van der Waals surface area contributed by atoms with Crippen molar-refractivity contribution in [3.8, 4) is 0 Å². The third-order valence-corrected chi connectivity index (χ3v) is 5.75. The van der Waals surface area contributed by atoms with Gasteiger partial charge in [-0.2, -0.15) is 0 Å². The number of aromatic amines is 1. The Kier molecular flexibility index (Phi) is 5.99. The highest BCUT2D eigenvalue weighted by molar-refractivity contribution is 5.81. The van der Waals surface area contributed by atoms with Gasteiger partial charge in [0.2, 0.25) is 5.56 Å². The van der Waals surface area contributed by atoms with Crippen LogP contribution in [0.3, 0.4) is 0 Å². The van der Waals surface area contributed by atoms with Gasteiger partial charge in [0.15, 0.2) is 0 Å². The van der Waals surface area contributed by atoms with E-state index in [9.17, 15) is 9.59 Å². The Hall–Kier alpha value is -2.61. The summed E-state index contributed by atoms with van der Waals surface area (Å²) < 4.78 is 5.10. The van der Waals surface area contributed by atoms with E-state index in [1.165, 1.54) is 24.8 Å². The predicted molar refractivity (Wildman–Crippen MR) is 112 cm³/mol. The Morgan fingerprint density at radius 3 is 2.59 bits per heavy atom.